The van der Waals surface area contributed by atoms with Gasteiger partial charge in [-0.25, -0.2) is 0 Å². The number of aliphatic carboxylic acids is 2. The monoisotopic (exact) mass is 224 g/mol. The van der Waals surface area contributed by atoms with Crippen LogP contribution < -0.4 is 0 Å². The number of aliphatic hydroxyl groups is 1. The molecule has 0 bridgehead atoms. The highest BCUT2D eigenvalue weighted by Crippen LogP contribution is 2.21. The standard InChI is InChI=1S/C11H12O5/c12-9(7-4-2-1-3-5-7)6-8(10(13)14)11(15)16/h1-5,8-9,12H,6H2,(H,13,14)(H,15,16). The van der Waals surface area contributed by atoms with E-state index in [1.807, 2.05) is 0 Å². The van der Waals surface area contributed by atoms with Crippen molar-refractivity contribution in [1.82, 2.24) is 0 Å². The zero-order valence-corrected chi connectivity index (χ0v) is 8.41. The maximum atomic E-state index is 10.6. The van der Waals surface area contributed by atoms with Gasteiger partial charge in [-0.05, 0) is 5.56 Å². The molecule has 1 unspecified atom stereocenters. The third-order valence-electron chi connectivity index (χ3n) is 2.24. The first-order chi connectivity index (χ1) is 7.52. The Labute approximate surface area is 92.0 Å². The average molecular weight is 224 g/mol. The van der Waals surface area contributed by atoms with Crippen LogP contribution in [0.15, 0.2) is 30.3 Å². The summed E-state index contributed by atoms with van der Waals surface area (Å²) in [5, 5.41) is 27.0. The minimum Gasteiger partial charge on any atom is -0.481 e. The highest BCUT2D eigenvalue weighted by atomic mass is 16.4. The molecule has 0 aliphatic heterocycles. The second kappa shape index (κ2) is 5.27. The molecule has 5 heteroatoms. The van der Waals surface area contributed by atoms with E-state index in [-0.39, 0.29) is 6.42 Å². The van der Waals surface area contributed by atoms with Crippen LogP contribution in [-0.2, 0) is 9.59 Å². The van der Waals surface area contributed by atoms with Crippen LogP contribution in [-0.4, -0.2) is 27.3 Å². The first kappa shape index (κ1) is 12.2. The van der Waals surface area contributed by atoms with Crippen molar-refractivity contribution < 1.29 is 24.9 Å². The molecular weight excluding hydrogens is 212 g/mol. The van der Waals surface area contributed by atoms with E-state index in [9.17, 15) is 14.7 Å². The fourth-order valence-corrected chi connectivity index (χ4v) is 1.34. The second-order valence-corrected chi connectivity index (χ2v) is 3.39. The van der Waals surface area contributed by atoms with Gasteiger partial charge in [0.15, 0.2) is 5.92 Å². The van der Waals surface area contributed by atoms with E-state index in [2.05, 4.69) is 0 Å². The van der Waals surface area contributed by atoms with Crippen LogP contribution in [0.2, 0.25) is 0 Å². The predicted molar refractivity (Wildman–Crippen MR) is 54.8 cm³/mol. The molecule has 0 radical (unpaired) electrons. The summed E-state index contributed by atoms with van der Waals surface area (Å²) in [6.07, 6.45) is -1.42. The Bertz CT molecular complexity index is 359. The number of hydrogen-bond donors (Lipinski definition) is 3. The van der Waals surface area contributed by atoms with Crippen molar-refractivity contribution in [2.45, 2.75) is 12.5 Å². The maximum Gasteiger partial charge on any atom is 0.317 e. The summed E-state index contributed by atoms with van der Waals surface area (Å²) < 4.78 is 0. The molecule has 0 saturated heterocycles. The Kier molecular flexibility index (Phi) is 4.02. The minimum absolute atomic E-state index is 0.339. The van der Waals surface area contributed by atoms with E-state index < -0.39 is 24.0 Å². The second-order valence-electron chi connectivity index (χ2n) is 3.39. The lowest BCUT2D eigenvalue weighted by atomic mass is 9.97. The molecule has 1 atom stereocenters. The van der Waals surface area contributed by atoms with Crippen molar-refractivity contribution >= 4 is 11.9 Å². The van der Waals surface area contributed by atoms with Gasteiger partial charge in [0.1, 0.15) is 0 Å². The summed E-state index contributed by atoms with van der Waals surface area (Å²) in [4.78, 5) is 21.2. The Morgan fingerprint density at radius 3 is 2.00 bits per heavy atom. The molecule has 0 saturated carbocycles. The third kappa shape index (κ3) is 3.06. The summed E-state index contributed by atoms with van der Waals surface area (Å²) in [5.41, 5.74) is 0.509. The Balaban J connectivity index is 2.73. The van der Waals surface area contributed by atoms with Gasteiger partial charge in [0, 0.05) is 6.42 Å². The zero-order valence-electron chi connectivity index (χ0n) is 8.41. The fraction of sp³-hybridized carbons (Fsp3) is 0.273. The Morgan fingerprint density at radius 1 is 1.06 bits per heavy atom. The van der Waals surface area contributed by atoms with Gasteiger partial charge < -0.3 is 15.3 Å². The number of rotatable bonds is 5. The van der Waals surface area contributed by atoms with Crippen LogP contribution in [0.25, 0.3) is 0 Å². The third-order valence-corrected chi connectivity index (χ3v) is 2.24. The van der Waals surface area contributed by atoms with Crippen LogP contribution >= 0.6 is 0 Å². The molecular formula is C11H12O5. The van der Waals surface area contributed by atoms with Crippen LogP contribution in [0.4, 0.5) is 0 Å². The summed E-state index contributed by atoms with van der Waals surface area (Å²) in [5.74, 6) is -4.47. The lowest BCUT2D eigenvalue weighted by Crippen LogP contribution is -2.25. The molecule has 0 spiro atoms. The van der Waals surface area contributed by atoms with Crippen LogP contribution in [0.3, 0.4) is 0 Å². The van der Waals surface area contributed by atoms with Gasteiger partial charge in [-0.3, -0.25) is 9.59 Å². The van der Waals surface area contributed by atoms with Gasteiger partial charge in [0.2, 0.25) is 0 Å². The summed E-state index contributed by atoms with van der Waals surface area (Å²) in [7, 11) is 0. The van der Waals surface area contributed by atoms with Gasteiger partial charge in [0.25, 0.3) is 0 Å². The molecule has 3 N–H and O–H groups in total. The highest BCUT2D eigenvalue weighted by Gasteiger charge is 2.28. The van der Waals surface area contributed by atoms with Gasteiger partial charge in [-0.1, -0.05) is 30.3 Å². The molecule has 1 rings (SSSR count). The van der Waals surface area contributed by atoms with E-state index in [4.69, 9.17) is 10.2 Å². The number of carboxylic acid groups (broad SMARTS) is 2. The maximum absolute atomic E-state index is 10.6. The normalized spacial score (nSPS) is 12.4. The van der Waals surface area contributed by atoms with E-state index in [1.54, 1.807) is 30.3 Å². The van der Waals surface area contributed by atoms with Gasteiger partial charge in [0.05, 0.1) is 6.10 Å². The first-order valence-corrected chi connectivity index (χ1v) is 4.71. The van der Waals surface area contributed by atoms with E-state index in [1.165, 1.54) is 0 Å². The zero-order chi connectivity index (χ0) is 12.1. The Hall–Kier alpha value is -1.88. The molecule has 0 aromatic heterocycles. The molecule has 1 aromatic carbocycles. The molecule has 0 fully saturated rings. The average Bonchev–Trinajstić information content (AvgIpc) is 2.25. The van der Waals surface area contributed by atoms with E-state index in [0.29, 0.717) is 5.56 Å². The number of hydrogen-bond acceptors (Lipinski definition) is 3. The molecule has 16 heavy (non-hydrogen) atoms. The van der Waals surface area contributed by atoms with Crippen molar-refractivity contribution in [3.63, 3.8) is 0 Å². The smallest absolute Gasteiger partial charge is 0.317 e. The van der Waals surface area contributed by atoms with Crippen molar-refractivity contribution in [3.8, 4) is 0 Å². The van der Waals surface area contributed by atoms with Crippen LogP contribution in [0, 0.1) is 5.92 Å². The highest BCUT2D eigenvalue weighted by molar-refractivity contribution is 5.92. The topological polar surface area (TPSA) is 94.8 Å². The number of carboxylic acids is 2. The number of carbonyl (C=O) groups is 2. The molecule has 1 aromatic rings. The Morgan fingerprint density at radius 2 is 1.56 bits per heavy atom. The fourth-order valence-electron chi connectivity index (χ4n) is 1.34. The van der Waals surface area contributed by atoms with Crippen LogP contribution in [0.1, 0.15) is 18.1 Å². The molecule has 5 nitrogen and oxygen atoms in total. The summed E-state index contributed by atoms with van der Waals surface area (Å²) in [6, 6.07) is 8.36. The summed E-state index contributed by atoms with van der Waals surface area (Å²) >= 11 is 0. The van der Waals surface area contributed by atoms with Gasteiger partial charge in [-0.2, -0.15) is 0 Å². The molecule has 0 aliphatic rings. The lowest BCUT2D eigenvalue weighted by molar-refractivity contribution is -0.156. The van der Waals surface area contributed by atoms with Gasteiger partial charge >= 0.3 is 11.9 Å². The van der Waals surface area contributed by atoms with Crippen molar-refractivity contribution in [2.24, 2.45) is 5.92 Å². The molecule has 86 valence electrons. The minimum atomic E-state index is -1.59. The predicted octanol–water partition coefficient (Wildman–Crippen LogP) is 0.895. The number of aliphatic hydroxyl groups excluding tert-OH is 1. The SMILES string of the molecule is O=C(O)C(CC(O)c1ccccc1)C(=O)O. The van der Waals surface area contributed by atoms with Crippen molar-refractivity contribution in [2.75, 3.05) is 0 Å². The number of benzene rings is 1. The quantitative estimate of drug-likeness (QED) is 0.646. The van der Waals surface area contributed by atoms with Crippen LogP contribution in [0.5, 0.6) is 0 Å². The first-order valence-electron chi connectivity index (χ1n) is 4.71. The van der Waals surface area contributed by atoms with E-state index >= 15 is 0 Å². The molecule has 0 amide bonds. The van der Waals surface area contributed by atoms with E-state index in [0.717, 1.165) is 0 Å². The lowest BCUT2D eigenvalue weighted by Gasteiger charge is -2.13. The molecule has 0 heterocycles. The summed E-state index contributed by atoms with van der Waals surface area (Å²) in [6.45, 7) is 0. The van der Waals surface area contributed by atoms with Gasteiger partial charge in [-0.15, -0.1) is 0 Å². The van der Waals surface area contributed by atoms with Crippen molar-refractivity contribution in [3.05, 3.63) is 35.9 Å². The molecule has 0 aliphatic carbocycles. The van der Waals surface area contributed by atoms with Crippen molar-refractivity contribution in [1.29, 1.82) is 0 Å². The largest absolute Gasteiger partial charge is 0.481 e.